The van der Waals surface area contributed by atoms with Gasteiger partial charge in [-0.25, -0.2) is 14.1 Å². The van der Waals surface area contributed by atoms with Crippen LogP contribution in [0.5, 0.6) is 0 Å². The number of anilines is 1. The lowest BCUT2D eigenvalue weighted by atomic mass is 10.1. The molecule has 3 N–H and O–H groups in total. The maximum atomic E-state index is 14.7. The van der Waals surface area contributed by atoms with Crippen LogP contribution in [0.1, 0.15) is 34.1 Å². The van der Waals surface area contributed by atoms with Crippen LogP contribution < -0.4 is 11.1 Å². The van der Waals surface area contributed by atoms with Crippen molar-refractivity contribution in [3.05, 3.63) is 53.8 Å². The number of fused-ring (bicyclic) bond motifs is 1. The first kappa shape index (κ1) is 24.0. The lowest BCUT2D eigenvalue weighted by Gasteiger charge is -2.22. The first-order valence-corrected chi connectivity index (χ1v) is 10.9. The van der Waals surface area contributed by atoms with E-state index >= 15 is 0 Å². The molecule has 182 valence electrons. The van der Waals surface area contributed by atoms with Gasteiger partial charge in [0.05, 0.1) is 41.6 Å². The number of halogens is 1. The zero-order valence-electron chi connectivity index (χ0n) is 19.7. The molecule has 35 heavy (non-hydrogen) atoms. The highest BCUT2D eigenvalue weighted by atomic mass is 19.1. The second-order valence-corrected chi connectivity index (χ2v) is 8.25. The smallest absolute Gasteiger partial charge is 0.255 e. The molecule has 11 heteroatoms. The zero-order chi connectivity index (χ0) is 25.3. The molecule has 1 unspecified atom stereocenters. The Kier molecular flexibility index (Phi) is 6.57. The summed E-state index contributed by atoms with van der Waals surface area (Å²) in [4.78, 5) is 30.6. The van der Waals surface area contributed by atoms with Gasteiger partial charge in [-0.15, -0.1) is 0 Å². The van der Waals surface area contributed by atoms with Crippen LogP contribution in [-0.4, -0.2) is 69.4 Å². The average Bonchev–Trinajstić information content (AvgIpc) is 3.52. The van der Waals surface area contributed by atoms with Gasteiger partial charge in [0.2, 0.25) is 5.91 Å². The number of amides is 2. The molecule has 3 heterocycles. The molecule has 1 saturated heterocycles. The average molecular weight is 480 g/mol. The van der Waals surface area contributed by atoms with Gasteiger partial charge in [0.1, 0.15) is 17.2 Å². The normalized spacial score (nSPS) is 17.3. The number of rotatable bonds is 6. The summed E-state index contributed by atoms with van der Waals surface area (Å²) in [7, 11) is 4.98. The van der Waals surface area contributed by atoms with E-state index in [1.54, 1.807) is 47.7 Å². The van der Waals surface area contributed by atoms with Crippen LogP contribution >= 0.6 is 0 Å². The SMILES string of the molecule is C=CC(=O)N1C[C@@H](n2nc(C#Cc3cc4ncn(C)c4cc3F)c(C(N)=O)c2NC)CC1COC. The molecule has 1 aliphatic rings. The van der Waals surface area contributed by atoms with Crippen molar-refractivity contribution in [1.82, 2.24) is 24.2 Å². The van der Waals surface area contributed by atoms with Crippen molar-refractivity contribution < 1.29 is 18.7 Å². The molecule has 10 nitrogen and oxygen atoms in total. The minimum absolute atomic E-state index is 0.0936. The molecule has 0 radical (unpaired) electrons. The first-order valence-electron chi connectivity index (χ1n) is 10.9. The Morgan fingerprint density at radius 3 is 2.83 bits per heavy atom. The van der Waals surface area contributed by atoms with Crippen molar-refractivity contribution in [3.63, 3.8) is 0 Å². The number of hydrogen-bond acceptors (Lipinski definition) is 6. The number of ether oxygens (including phenoxy) is 1. The van der Waals surface area contributed by atoms with Crippen LogP contribution in [0.3, 0.4) is 0 Å². The van der Waals surface area contributed by atoms with Crippen LogP contribution in [0.2, 0.25) is 0 Å². The third-order valence-corrected chi connectivity index (χ3v) is 6.08. The monoisotopic (exact) mass is 479 g/mol. The highest BCUT2D eigenvalue weighted by Gasteiger charge is 2.37. The highest BCUT2D eigenvalue weighted by molar-refractivity contribution is 6.00. The second-order valence-electron chi connectivity index (χ2n) is 8.25. The van der Waals surface area contributed by atoms with Crippen LogP contribution in [0.15, 0.2) is 31.1 Å². The van der Waals surface area contributed by atoms with Gasteiger partial charge >= 0.3 is 0 Å². The molecule has 1 aliphatic heterocycles. The highest BCUT2D eigenvalue weighted by Crippen LogP contribution is 2.32. The Hall–Kier alpha value is -4.17. The number of nitrogens with one attached hydrogen (secondary N) is 1. The number of nitrogens with zero attached hydrogens (tertiary/aromatic N) is 5. The van der Waals surface area contributed by atoms with Crippen molar-refractivity contribution in [2.45, 2.75) is 18.5 Å². The Labute approximate surface area is 201 Å². The molecule has 4 rings (SSSR count). The summed E-state index contributed by atoms with van der Waals surface area (Å²) in [6.07, 6.45) is 3.39. The summed E-state index contributed by atoms with van der Waals surface area (Å²) in [6.45, 7) is 4.25. The van der Waals surface area contributed by atoms with Crippen LogP contribution in [0.4, 0.5) is 10.2 Å². The fourth-order valence-electron chi connectivity index (χ4n) is 4.44. The molecule has 3 aromatic rings. The van der Waals surface area contributed by atoms with E-state index in [-0.39, 0.29) is 34.8 Å². The number of benzene rings is 1. The van der Waals surface area contributed by atoms with Crippen LogP contribution in [0, 0.1) is 17.7 Å². The molecule has 0 aliphatic carbocycles. The molecule has 2 atom stereocenters. The quantitative estimate of drug-likeness (QED) is 0.408. The molecule has 0 spiro atoms. The van der Waals surface area contributed by atoms with Crippen molar-refractivity contribution >= 4 is 28.7 Å². The zero-order valence-corrected chi connectivity index (χ0v) is 19.7. The van der Waals surface area contributed by atoms with E-state index in [0.717, 1.165) is 0 Å². The molecule has 0 bridgehead atoms. The number of hydrogen-bond donors (Lipinski definition) is 2. The Balaban J connectivity index is 1.75. The molecule has 2 aromatic heterocycles. The first-order chi connectivity index (χ1) is 16.8. The van der Waals surface area contributed by atoms with Crippen molar-refractivity contribution in [2.24, 2.45) is 12.8 Å². The molecule has 1 aromatic carbocycles. The molecule has 1 fully saturated rings. The van der Waals surface area contributed by atoms with Crippen molar-refractivity contribution in [1.29, 1.82) is 0 Å². The maximum Gasteiger partial charge on any atom is 0.255 e. The number of carbonyl (C=O) groups excluding carboxylic acids is 2. The fraction of sp³-hybridized carbons (Fsp3) is 0.333. The minimum Gasteiger partial charge on any atom is -0.383 e. The van der Waals surface area contributed by atoms with Gasteiger partial charge in [0.25, 0.3) is 5.91 Å². The van der Waals surface area contributed by atoms with Crippen LogP contribution in [-0.2, 0) is 16.6 Å². The molecular formula is C24H26FN7O3. The van der Waals surface area contributed by atoms with E-state index < -0.39 is 11.7 Å². The molecule has 2 amide bonds. The number of primary amides is 1. The predicted octanol–water partition coefficient (Wildman–Crippen LogP) is 1.42. The van der Waals surface area contributed by atoms with E-state index in [4.69, 9.17) is 10.5 Å². The van der Waals surface area contributed by atoms with E-state index in [0.29, 0.717) is 36.4 Å². The largest absolute Gasteiger partial charge is 0.383 e. The molecule has 0 saturated carbocycles. The topological polar surface area (TPSA) is 120 Å². The van der Waals surface area contributed by atoms with Crippen molar-refractivity contribution in [2.75, 3.05) is 32.6 Å². The number of imidazole rings is 1. The number of carbonyl (C=O) groups is 2. The number of likely N-dealkylation sites (tertiary alicyclic amines) is 1. The molecular weight excluding hydrogens is 453 g/mol. The summed E-state index contributed by atoms with van der Waals surface area (Å²) >= 11 is 0. The lowest BCUT2D eigenvalue weighted by molar-refractivity contribution is -0.127. The van der Waals surface area contributed by atoms with E-state index in [1.165, 1.54) is 12.1 Å². The lowest BCUT2D eigenvalue weighted by Crippen LogP contribution is -2.37. The summed E-state index contributed by atoms with van der Waals surface area (Å²) in [5.41, 5.74) is 7.22. The van der Waals surface area contributed by atoms with Gasteiger partial charge in [-0.05, 0) is 24.5 Å². The second kappa shape index (κ2) is 9.60. The summed E-state index contributed by atoms with van der Waals surface area (Å²) in [5.74, 6) is 4.48. The Morgan fingerprint density at radius 2 is 2.17 bits per heavy atom. The van der Waals surface area contributed by atoms with Crippen molar-refractivity contribution in [3.8, 4) is 11.8 Å². The third kappa shape index (κ3) is 4.36. The van der Waals surface area contributed by atoms with Gasteiger partial charge in [0, 0.05) is 33.8 Å². The number of aromatic nitrogens is 4. The number of methoxy groups -OCH3 is 1. The Bertz CT molecular complexity index is 1380. The van der Waals surface area contributed by atoms with Gasteiger partial charge in [0.15, 0.2) is 5.69 Å². The predicted molar refractivity (Wildman–Crippen MR) is 128 cm³/mol. The van der Waals surface area contributed by atoms with E-state index in [2.05, 4.69) is 33.8 Å². The summed E-state index contributed by atoms with van der Waals surface area (Å²) in [6, 6.07) is 2.45. The summed E-state index contributed by atoms with van der Waals surface area (Å²) < 4.78 is 23.3. The maximum absolute atomic E-state index is 14.7. The van der Waals surface area contributed by atoms with Gasteiger partial charge in [-0.1, -0.05) is 12.5 Å². The number of aryl methyl sites for hydroxylation is 1. The standard InChI is InChI=1S/C24H26FN7O3/c1-5-21(33)31-11-15(9-16(31)12-35-4)32-24(27-2)22(23(26)34)18(29-32)7-6-14-8-19-20(10-17(14)25)30(3)13-28-19/h5,8,10,13,15-16,27H,1,9,11-12H2,2-4H3,(H2,26,34)/t15-,16?/m0/s1. The van der Waals surface area contributed by atoms with Gasteiger partial charge in [-0.3, -0.25) is 9.59 Å². The van der Waals surface area contributed by atoms with Gasteiger partial charge in [-0.2, -0.15) is 5.10 Å². The van der Waals surface area contributed by atoms with E-state index in [1.807, 2.05) is 0 Å². The van der Waals surface area contributed by atoms with Crippen LogP contribution in [0.25, 0.3) is 11.0 Å². The summed E-state index contributed by atoms with van der Waals surface area (Å²) in [5, 5.41) is 7.52. The van der Waals surface area contributed by atoms with Gasteiger partial charge < -0.3 is 25.3 Å². The fourth-order valence-corrected chi connectivity index (χ4v) is 4.44. The Morgan fingerprint density at radius 1 is 1.40 bits per heavy atom. The third-order valence-electron chi connectivity index (χ3n) is 6.08. The number of nitrogens with two attached hydrogens (primary N) is 1. The minimum atomic E-state index is -0.726. The van der Waals surface area contributed by atoms with E-state index in [9.17, 15) is 14.0 Å².